The summed E-state index contributed by atoms with van der Waals surface area (Å²) >= 11 is 0. The van der Waals surface area contributed by atoms with Gasteiger partial charge in [0.25, 0.3) is 0 Å². The molecule has 4 N–H and O–H groups in total. The number of nitrogens with zero attached hydrogens (tertiary/aromatic N) is 6. The Labute approximate surface area is 483 Å². The van der Waals surface area contributed by atoms with Gasteiger partial charge in [-0.2, -0.15) is 15.3 Å². The highest BCUT2D eigenvalue weighted by molar-refractivity contribution is 5.95. The minimum Gasteiger partial charge on any atom is -0.502 e. The van der Waals surface area contributed by atoms with Gasteiger partial charge in [0.15, 0.2) is 11.5 Å². The normalized spacial score (nSPS) is 15.9. The summed E-state index contributed by atoms with van der Waals surface area (Å²) in [6.45, 7) is 18.7. The minimum atomic E-state index is -0.905. The van der Waals surface area contributed by atoms with Crippen LogP contribution in [0, 0.1) is 48.5 Å². The summed E-state index contributed by atoms with van der Waals surface area (Å²) in [6, 6.07) is 35.3. The number of fused-ring (bicyclic) bond motifs is 3. The number of ether oxygens (including phenoxy) is 3. The number of hydrogen-bond acceptors (Lipinski definition) is 10. The number of allylic oxidation sites excluding steroid dienone is 1. The average Bonchev–Trinajstić information content (AvgIpc) is 4.44. The standard InChI is InChI=1S/C23H22N2O2.C22H23N3O4.C22H23N3O2/c1-14-11-19(17-7-9-18(10-8-17)23(26)27)20-13-24-25(22(20)12-14)21-6-4-5-15(2)16(21)3;1-12-5-13(2)7-15(6-12)25-22-17(11-23-25)16(10-20(26)24-22)14-8-18(28-3)21(27)19(9-14)29-4;1-13-6-5-7-19(15(13)3)25-22-18(12-23-25)17(11-21(26)24-22)16-8-9-20(27-4)14(2)10-16/h4-10,13,19H,1,11-12H2,2-3H3,(H,26,27);5-9,11,16,27H,10H2,1-4H3,(H,24,26);5-10,12,17H,11H2,1-4H3,(H,24,26). The van der Waals surface area contributed by atoms with Gasteiger partial charge in [0.05, 0.1) is 68.2 Å². The second-order valence-corrected chi connectivity index (χ2v) is 21.7. The number of carboxylic acids is 1. The lowest BCUT2D eigenvalue weighted by atomic mass is 9.80. The van der Waals surface area contributed by atoms with Gasteiger partial charge in [0.1, 0.15) is 17.4 Å². The Bertz CT molecular complexity index is 3950. The van der Waals surface area contributed by atoms with E-state index < -0.39 is 5.97 Å². The van der Waals surface area contributed by atoms with Gasteiger partial charge in [-0.25, -0.2) is 18.8 Å². The molecule has 16 heteroatoms. The van der Waals surface area contributed by atoms with Crippen molar-refractivity contribution in [3.8, 4) is 40.1 Å². The van der Waals surface area contributed by atoms with Crippen LogP contribution < -0.4 is 24.8 Å². The molecule has 0 bridgehead atoms. The van der Waals surface area contributed by atoms with Crippen molar-refractivity contribution < 1.29 is 38.8 Å². The molecule has 1 aliphatic carbocycles. The Morgan fingerprint density at radius 3 is 1.60 bits per heavy atom. The molecule has 0 saturated carbocycles. The van der Waals surface area contributed by atoms with Gasteiger partial charge in [-0.1, -0.05) is 66.7 Å². The van der Waals surface area contributed by atoms with Crippen LogP contribution in [-0.4, -0.2) is 78.7 Å². The number of aromatic nitrogens is 6. The van der Waals surface area contributed by atoms with Gasteiger partial charge in [-0.3, -0.25) is 9.59 Å². The van der Waals surface area contributed by atoms with E-state index in [1.54, 1.807) is 42.3 Å². The van der Waals surface area contributed by atoms with Crippen molar-refractivity contribution in [3.05, 3.63) is 224 Å². The number of aryl methyl sites for hydroxylation is 5. The predicted molar refractivity (Wildman–Crippen MR) is 321 cm³/mol. The number of benzene rings is 6. The summed E-state index contributed by atoms with van der Waals surface area (Å²) < 4.78 is 21.6. The van der Waals surface area contributed by atoms with Crippen LogP contribution in [0.1, 0.15) is 125 Å². The molecule has 2 amide bonds. The number of methoxy groups -OCH3 is 3. The molecule has 6 aromatic carbocycles. The lowest BCUT2D eigenvalue weighted by Crippen LogP contribution is -2.24. The number of nitrogens with one attached hydrogen (secondary N) is 2. The first kappa shape index (κ1) is 56.6. The van der Waals surface area contributed by atoms with Crippen LogP contribution in [0.5, 0.6) is 23.0 Å². The molecule has 9 aromatic rings. The van der Waals surface area contributed by atoms with E-state index in [0.29, 0.717) is 29.3 Å². The van der Waals surface area contributed by atoms with Gasteiger partial charge in [-0.05, 0) is 165 Å². The third-order valence-corrected chi connectivity index (χ3v) is 16.2. The zero-order valence-corrected chi connectivity index (χ0v) is 48.4. The SMILES string of the molecule is C=C1Cc2c(cnn2-c2cccc(C)c2C)C(c2ccc(C(=O)O)cc2)C1.COc1cc(C2CC(=O)Nc3c2cnn3-c2cc(C)cc(C)c2)cc(OC)c1O.COc1ccc(C2CC(=O)Nc3c2cnn3-c2cccc(C)c2C)cc1C. The summed E-state index contributed by atoms with van der Waals surface area (Å²) in [5, 5.41) is 39.2. The predicted octanol–water partition coefficient (Wildman–Crippen LogP) is 12.8. The molecule has 0 fully saturated rings. The first-order valence-corrected chi connectivity index (χ1v) is 27.5. The largest absolute Gasteiger partial charge is 0.502 e. The van der Waals surface area contributed by atoms with Crippen molar-refractivity contribution in [2.24, 2.45) is 0 Å². The number of aromatic carboxylic acids is 1. The summed E-state index contributed by atoms with van der Waals surface area (Å²) in [5.41, 5.74) is 19.9. The first-order valence-electron chi connectivity index (χ1n) is 27.5. The molecule has 16 nitrogen and oxygen atoms in total. The van der Waals surface area contributed by atoms with E-state index in [1.807, 2.05) is 91.1 Å². The molecular weight excluding hydrogens is 1040 g/mol. The molecular formula is C67H68N8O8. The maximum Gasteiger partial charge on any atom is 0.335 e. The van der Waals surface area contributed by atoms with Gasteiger partial charge < -0.3 is 35.1 Å². The van der Waals surface area contributed by atoms with Gasteiger partial charge in [-0.15, -0.1) is 0 Å². The number of anilines is 2. The number of carboxylic acid groups (broad SMARTS) is 1. The third-order valence-electron chi connectivity index (χ3n) is 16.2. The molecule has 3 unspecified atom stereocenters. The fourth-order valence-electron chi connectivity index (χ4n) is 11.6. The minimum absolute atomic E-state index is 0.00743. The van der Waals surface area contributed by atoms with E-state index in [-0.39, 0.29) is 41.7 Å². The molecule has 12 rings (SSSR count). The number of carbonyl (C=O) groups excluding carboxylic acids is 2. The lowest BCUT2D eigenvalue weighted by molar-refractivity contribution is -0.117. The van der Waals surface area contributed by atoms with Crippen molar-refractivity contribution in [2.45, 2.75) is 91.9 Å². The van der Waals surface area contributed by atoms with Crippen molar-refractivity contribution in [2.75, 3.05) is 32.0 Å². The second kappa shape index (κ2) is 23.4. The molecule has 3 atom stereocenters. The highest BCUT2D eigenvalue weighted by atomic mass is 16.5. The van der Waals surface area contributed by atoms with Crippen LogP contribution >= 0.6 is 0 Å². The Hall–Kier alpha value is -9.70. The molecule has 0 spiro atoms. The fourth-order valence-corrected chi connectivity index (χ4v) is 11.6. The van der Waals surface area contributed by atoms with E-state index in [2.05, 4.69) is 91.5 Å². The molecule has 5 heterocycles. The van der Waals surface area contributed by atoms with Crippen LogP contribution in [-0.2, 0) is 16.0 Å². The number of amides is 2. The number of carbonyl (C=O) groups is 3. The summed E-state index contributed by atoms with van der Waals surface area (Å²) in [7, 11) is 4.63. The monoisotopic (exact) mass is 1110 g/mol. The molecule has 0 radical (unpaired) electrons. The zero-order chi connectivity index (χ0) is 59.0. The molecule has 2 aliphatic heterocycles. The highest BCUT2D eigenvalue weighted by Gasteiger charge is 2.34. The Balaban J connectivity index is 0.000000139. The second-order valence-electron chi connectivity index (χ2n) is 21.7. The van der Waals surface area contributed by atoms with E-state index in [4.69, 9.17) is 24.4 Å². The maximum atomic E-state index is 12.5. The van der Waals surface area contributed by atoms with Crippen LogP contribution in [0.3, 0.4) is 0 Å². The molecule has 83 heavy (non-hydrogen) atoms. The number of rotatable bonds is 10. The molecule has 424 valence electrons. The van der Waals surface area contributed by atoms with Crippen molar-refractivity contribution in [1.82, 2.24) is 29.3 Å². The third kappa shape index (κ3) is 11.2. The summed E-state index contributed by atoms with van der Waals surface area (Å²) in [6.07, 6.45) is 7.97. The van der Waals surface area contributed by atoms with E-state index in [0.717, 1.165) is 91.5 Å². The van der Waals surface area contributed by atoms with Crippen LogP contribution in [0.4, 0.5) is 11.6 Å². The quantitative estimate of drug-likeness (QED) is 0.0951. The smallest absolute Gasteiger partial charge is 0.335 e. The molecule has 0 saturated heterocycles. The summed E-state index contributed by atoms with van der Waals surface area (Å²) in [4.78, 5) is 36.1. The number of aromatic hydroxyl groups is 1. The Kier molecular flexibility index (Phi) is 16.0. The van der Waals surface area contributed by atoms with Crippen LogP contribution in [0.25, 0.3) is 17.1 Å². The average molecular weight is 1110 g/mol. The number of phenols is 1. The van der Waals surface area contributed by atoms with Crippen LogP contribution in [0.2, 0.25) is 0 Å². The van der Waals surface area contributed by atoms with Crippen molar-refractivity contribution in [1.29, 1.82) is 0 Å². The maximum absolute atomic E-state index is 12.5. The first-order chi connectivity index (χ1) is 39.8. The lowest BCUT2D eigenvalue weighted by Gasteiger charge is -2.26. The van der Waals surface area contributed by atoms with Gasteiger partial charge in [0, 0.05) is 53.7 Å². The molecule has 3 aromatic heterocycles. The van der Waals surface area contributed by atoms with Crippen molar-refractivity contribution >= 4 is 29.4 Å². The Morgan fingerprint density at radius 1 is 0.554 bits per heavy atom. The van der Waals surface area contributed by atoms with E-state index >= 15 is 0 Å². The topological polar surface area (TPSA) is 197 Å². The fraction of sp³-hybridized carbons (Fsp3) is 0.254. The zero-order valence-electron chi connectivity index (χ0n) is 48.4. The van der Waals surface area contributed by atoms with E-state index in [1.165, 1.54) is 47.7 Å². The van der Waals surface area contributed by atoms with E-state index in [9.17, 15) is 19.5 Å². The van der Waals surface area contributed by atoms with Gasteiger partial charge >= 0.3 is 5.97 Å². The van der Waals surface area contributed by atoms with Crippen molar-refractivity contribution in [3.63, 3.8) is 0 Å². The van der Waals surface area contributed by atoms with Crippen LogP contribution in [0.15, 0.2) is 140 Å². The number of hydrogen-bond donors (Lipinski definition) is 4. The summed E-state index contributed by atoms with van der Waals surface area (Å²) in [5.74, 6) is 1.71. The Morgan fingerprint density at radius 2 is 1.05 bits per heavy atom. The highest BCUT2D eigenvalue weighted by Crippen LogP contribution is 2.46. The number of phenolic OH excluding ortho intramolecular Hbond substituents is 1. The van der Waals surface area contributed by atoms with Gasteiger partial charge in [0.2, 0.25) is 17.6 Å². The molecule has 3 aliphatic rings.